The van der Waals surface area contributed by atoms with E-state index in [-0.39, 0.29) is 5.56 Å². The molecule has 0 aliphatic carbocycles. The molecular weight excluding hydrogens is 490 g/mol. The number of pyridine rings is 1. The molecule has 0 spiro atoms. The van der Waals surface area contributed by atoms with E-state index < -0.39 is 0 Å². The molecule has 0 saturated carbocycles. The van der Waals surface area contributed by atoms with Gasteiger partial charge in [-0.05, 0) is 87.6 Å². The minimum atomic E-state index is -0.0603. The summed E-state index contributed by atoms with van der Waals surface area (Å²) in [6.45, 7) is 6.08. The molecule has 1 N–H and O–H groups in total. The molecule has 4 aromatic rings. The smallest absolute Gasteiger partial charge is 0.250 e. The third kappa shape index (κ3) is 8.02. The number of unbranched alkanes of at least 4 members (excludes halogenated alkanes) is 3. The Bertz CT molecular complexity index is 1430. The van der Waals surface area contributed by atoms with Crippen LogP contribution in [0.3, 0.4) is 0 Å². The molecule has 0 aliphatic rings. The minimum Gasteiger partial charge on any atom is -0.494 e. The number of rotatable bonds is 14. The third-order valence-corrected chi connectivity index (χ3v) is 6.38. The molecule has 0 unspecified atom stereocenters. The number of hydrogen-bond donors (Lipinski definition) is 1. The van der Waals surface area contributed by atoms with Gasteiger partial charge in [-0.2, -0.15) is 0 Å². The lowest BCUT2D eigenvalue weighted by Gasteiger charge is -2.11. The van der Waals surface area contributed by atoms with Crippen molar-refractivity contribution in [2.75, 3.05) is 25.1 Å². The van der Waals surface area contributed by atoms with Crippen molar-refractivity contribution in [2.24, 2.45) is 0 Å². The van der Waals surface area contributed by atoms with Gasteiger partial charge in [-0.3, -0.25) is 4.79 Å². The van der Waals surface area contributed by atoms with Gasteiger partial charge in [0.1, 0.15) is 17.3 Å². The van der Waals surface area contributed by atoms with Crippen LogP contribution in [-0.4, -0.2) is 29.5 Å². The largest absolute Gasteiger partial charge is 0.494 e. The van der Waals surface area contributed by atoms with Crippen LogP contribution in [0, 0.1) is 26.2 Å². The summed E-state index contributed by atoms with van der Waals surface area (Å²) in [5.74, 6) is 4.97. The van der Waals surface area contributed by atoms with E-state index in [1.165, 1.54) is 0 Å². The second-order valence-electron chi connectivity index (χ2n) is 9.42. The van der Waals surface area contributed by atoms with Crippen molar-refractivity contribution in [3.63, 3.8) is 0 Å². The predicted molar refractivity (Wildman–Crippen MR) is 154 cm³/mol. The van der Waals surface area contributed by atoms with Gasteiger partial charge in [0, 0.05) is 29.1 Å². The Kier molecular flexibility index (Phi) is 9.85. The summed E-state index contributed by atoms with van der Waals surface area (Å²) in [4.78, 5) is 12.5. The average molecular weight is 526 g/mol. The summed E-state index contributed by atoms with van der Waals surface area (Å²) in [6.07, 6.45) is 11.2. The van der Waals surface area contributed by atoms with Gasteiger partial charge < -0.3 is 23.9 Å². The van der Waals surface area contributed by atoms with Crippen LogP contribution in [0.15, 0.2) is 76.2 Å². The predicted octanol–water partition coefficient (Wildman–Crippen LogP) is 6.23. The fourth-order valence-electron chi connectivity index (χ4n) is 4.39. The molecule has 2 heterocycles. The quantitative estimate of drug-likeness (QED) is 0.155. The fourth-order valence-corrected chi connectivity index (χ4v) is 4.39. The van der Waals surface area contributed by atoms with E-state index in [4.69, 9.17) is 20.4 Å². The molecule has 7 heteroatoms. The van der Waals surface area contributed by atoms with Crippen LogP contribution >= 0.6 is 0 Å². The third-order valence-electron chi connectivity index (χ3n) is 6.38. The number of nitrogens with one attached hydrogen (secondary N) is 1. The monoisotopic (exact) mass is 525 g/mol. The second kappa shape index (κ2) is 13.9. The molecule has 7 nitrogen and oxygen atoms in total. The second-order valence-corrected chi connectivity index (χ2v) is 9.42. The number of anilines is 1. The summed E-state index contributed by atoms with van der Waals surface area (Å²) < 4.78 is 18.8. The zero-order chi connectivity index (χ0) is 27.5. The molecule has 2 aromatic carbocycles. The standard InChI is InChI=1S/C32H35N3O4/c1-4-18-33-28-13-15-29(16-14-28)37-19-7-5-6-8-20-38-30-11-9-10-26(21-30)22-35-23-27(12-17-31(35)36)32-24(2)34-39-25(32)3/h1,9-17,21,23,33H,5-8,18-20,22H2,2-3H3. The van der Waals surface area contributed by atoms with Crippen LogP contribution in [0.5, 0.6) is 11.5 Å². The van der Waals surface area contributed by atoms with Gasteiger partial charge in [-0.15, -0.1) is 6.42 Å². The lowest BCUT2D eigenvalue weighted by Crippen LogP contribution is -2.19. The number of nitrogens with zero attached hydrogens (tertiary/aromatic N) is 2. The van der Waals surface area contributed by atoms with Crippen LogP contribution < -0.4 is 20.3 Å². The van der Waals surface area contributed by atoms with Gasteiger partial charge in [0.25, 0.3) is 5.56 Å². The van der Waals surface area contributed by atoms with E-state index in [9.17, 15) is 4.79 Å². The first-order valence-corrected chi connectivity index (χ1v) is 13.3. The van der Waals surface area contributed by atoms with Crippen molar-refractivity contribution >= 4 is 5.69 Å². The summed E-state index contributed by atoms with van der Waals surface area (Å²) in [7, 11) is 0. The van der Waals surface area contributed by atoms with E-state index in [0.29, 0.717) is 26.3 Å². The summed E-state index contributed by atoms with van der Waals surface area (Å²) in [5.41, 5.74) is 4.57. The van der Waals surface area contributed by atoms with Gasteiger partial charge in [0.05, 0.1) is 32.0 Å². The normalized spacial score (nSPS) is 10.7. The molecule has 0 aliphatic heterocycles. The molecule has 0 fully saturated rings. The Labute approximate surface area is 229 Å². The van der Waals surface area contributed by atoms with E-state index in [2.05, 4.69) is 16.4 Å². The minimum absolute atomic E-state index is 0.0603. The molecule has 0 radical (unpaired) electrons. The zero-order valence-corrected chi connectivity index (χ0v) is 22.6. The Balaban J connectivity index is 1.18. The number of aryl methyl sites for hydroxylation is 2. The highest BCUT2D eigenvalue weighted by Gasteiger charge is 2.13. The number of aromatic nitrogens is 2. The lowest BCUT2D eigenvalue weighted by atomic mass is 10.1. The van der Waals surface area contributed by atoms with Crippen LogP contribution in [0.25, 0.3) is 11.1 Å². The van der Waals surface area contributed by atoms with Crippen LogP contribution in [0.2, 0.25) is 0 Å². The fraction of sp³-hybridized carbons (Fsp3) is 0.312. The first-order valence-electron chi connectivity index (χ1n) is 13.3. The lowest BCUT2D eigenvalue weighted by molar-refractivity contribution is 0.287. The highest BCUT2D eigenvalue weighted by Crippen LogP contribution is 2.26. The number of benzene rings is 2. The Morgan fingerprint density at radius 1 is 0.949 bits per heavy atom. The molecule has 0 bridgehead atoms. The molecule has 0 saturated heterocycles. The molecule has 2 aromatic heterocycles. The van der Waals surface area contributed by atoms with Gasteiger partial charge >= 0.3 is 0 Å². The molecular formula is C32H35N3O4. The van der Waals surface area contributed by atoms with Gasteiger partial charge in [-0.1, -0.05) is 23.2 Å². The topological polar surface area (TPSA) is 78.5 Å². The average Bonchev–Trinajstić information content (AvgIpc) is 3.28. The van der Waals surface area contributed by atoms with Crippen molar-refractivity contribution < 1.29 is 14.0 Å². The molecule has 4 rings (SSSR count). The Morgan fingerprint density at radius 3 is 2.38 bits per heavy atom. The number of hydrogen-bond acceptors (Lipinski definition) is 6. The number of ether oxygens (including phenoxy) is 2. The first kappa shape index (κ1) is 27.6. The summed E-state index contributed by atoms with van der Waals surface area (Å²) in [6, 6.07) is 19.2. The molecule has 39 heavy (non-hydrogen) atoms. The Morgan fingerprint density at radius 2 is 1.69 bits per heavy atom. The van der Waals surface area contributed by atoms with Crippen molar-refractivity contribution in [1.29, 1.82) is 0 Å². The van der Waals surface area contributed by atoms with Crippen LogP contribution in [-0.2, 0) is 6.54 Å². The highest BCUT2D eigenvalue weighted by molar-refractivity contribution is 5.66. The zero-order valence-electron chi connectivity index (χ0n) is 22.6. The number of terminal acetylenes is 1. The van der Waals surface area contributed by atoms with Crippen LogP contribution in [0.4, 0.5) is 5.69 Å². The maximum atomic E-state index is 12.5. The highest BCUT2D eigenvalue weighted by atomic mass is 16.5. The Hall–Kier alpha value is -4.44. The van der Waals surface area contributed by atoms with Gasteiger partial charge in [0.15, 0.2) is 0 Å². The van der Waals surface area contributed by atoms with Crippen molar-refractivity contribution in [2.45, 2.75) is 46.1 Å². The molecule has 0 amide bonds. The van der Waals surface area contributed by atoms with Crippen molar-refractivity contribution in [1.82, 2.24) is 9.72 Å². The summed E-state index contributed by atoms with van der Waals surface area (Å²) >= 11 is 0. The van der Waals surface area contributed by atoms with E-state index in [0.717, 1.165) is 71.0 Å². The molecule has 202 valence electrons. The van der Waals surface area contributed by atoms with Crippen LogP contribution in [0.1, 0.15) is 42.7 Å². The summed E-state index contributed by atoms with van der Waals surface area (Å²) in [5, 5.41) is 7.16. The van der Waals surface area contributed by atoms with E-state index in [1.54, 1.807) is 10.6 Å². The first-order chi connectivity index (χ1) is 19.0. The maximum Gasteiger partial charge on any atom is 0.250 e. The van der Waals surface area contributed by atoms with E-state index in [1.807, 2.05) is 74.6 Å². The maximum absolute atomic E-state index is 12.5. The van der Waals surface area contributed by atoms with Crippen molar-refractivity contribution in [3.05, 3.63) is 94.2 Å². The van der Waals surface area contributed by atoms with Crippen molar-refractivity contribution in [3.8, 4) is 35.0 Å². The van der Waals surface area contributed by atoms with E-state index >= 15 is 0 Å². The van der Waals surface area contributed by atoms with Gasteiger partial charge in [0.2, 0.25) is 0 Å². The SMILES string of the molecule is C#CCNc1ccc(OCCCCCCOc2cccc(Cn3cc(-c4c(C)noc4C)ccc3=O)c2)cc1. The molecule has 0 atom stereocenters. The van der Waals surface area contributed by atoms with Gasteiger partial charge in [-0.25, -0.2) is 0 Å².